The molecule has 0 saturated heterocycles. The van der Waals surface area contributed by atoms with E-state index in [9.17, 15) is 4.79 Å². The summed E-state index contributed by atoms with van der Waals surface area (Å²) in [4.78, 5) is 12.2. The number of hydrogen-bond acceptors (Lipinski definition) is 6. The van der Waals surface area contributed by atoms with Gasteiger partial charge in [-0.15, -0.1) is 0 Å². The van der Waals surface area contributed by atoms with Gasteiger partial charge in [0.25, 0.3) is 0 Å². The SMILES string of the molecule is CCOC(=O)C(NC(C)C)c1cc(OC)c2c(c1)OCO2. The summed E-state index contributed by atoms with van der Waals surface area (Å²) in [5, 5.41) is 3.20. The topological polar surface area (TPSA) is 66.0 Å². The van der Waals surface area contributed by atoms with E-state index in [2.05, 4.69) is 5.32 Å². The van der Waals surface area contributed by atoms with Crippen LogP contribution < -0.4 is 19.5 Å². The number of esters is 1. The fraction of sp³-hybridized carbons (Fsp3) is 0.533. The second kappa shape index (κ2) is 6.67. The highest BCUT2D eigenvalue weighted by atomic mass is 16.7. The van der Waals surface area contributed by atoms with Crippen molar-refractivity contribution in [1.82, 2.24) is 5.32 Å². The minimum absolute atomic E-state index is 0.121. The first-order chi connectivity index (χ1) is 10.1. The first-order valence-corrected chi connectivity index (χ1v) is 6.97. The molecule has 1 unspecified atom stereocenters. The highest BCUT2D eigenvalue weighted by Gasteiger charge is 2.28. The van der Waals surface area contributed by atoms with Gasteiger partial charge in [0.2, 0.25) is 12.5 Å². The zero-order valence-electron chi connectivity index (χ0n) is 12.8. The van der Waals surface area contributed by atoms with E-state index in [1.54, 1.807) is 26.2 Å². The van der Waals surface area contributed by atoms with Crippen molar-refractivity contribution in [3.8, 4) is 17.2 Å². The Balaban J connectivity index is 2.37. The Morgan fingerprint density at radius 1 is 1.38 bits per heavy atom. The third kappa shape index (κ3) is 3.39. The number of rotatable bonds is 6. The van der Waals surface area contributed by atoms with E-state index in [-0.39, 0.29) is 18.8 Å². The number of methoxy groups -OCH3 is 1. The van der Waals surface area contributed by atoms with Crippen molar-refractivity contribution in [2.75, 3.05) is 20.5 Å². The second-order valence-corrected chi connectivity index (χ2v) is 4.96. The molecule has 6 heteroatoms. The molecule has 1 aliphatic heterocycles. The first-order valence-electron chi connectivity index (χ1n) is 6.97. The number of nitrogens with one attached hydrogen (secondary N) is 1. The molecule has 1 heterocycles. The lowest BCUT2D eigenvalue weighted by Gasteiger charge is -2.21. The third-order valence-electron chi connectivity index (χ3n) is 3.04. The van der Waals surface area contributed by atoms with E-state index in [1.165, 1.54) is 0 Å². The maximum atomic E-state index is 12.2. The zero-order valence-corrected chi connectivity index (χ0v) is 12.8. The van der Waals surface area contributed by atoms with E-state index in [4.69, 9.17) is 18.9 Å². The average molecular weight is 295 g/mol. The standard InChI is InChI=1S/C15H21NO5/c1-5-19-15(17)13(16-9(2)3)10-6-11(18-4)14-12(7-10)20-8-21-14/h6-7,9,13,16H,5,8H2,1-4H3. The monoisotopic (exact) mass is 295 g/mol. The van der Waals surface area contributed by atoms with Gasteiger partial charge in [-0.25, -0.2) is 4.79 Å². The summed E-state index contributed by atoms with van der Waals surface area (Å²) in [5.74, 6) is 1.35. The van der Waals surface area contributed by atoms with Gasteiger partial charge in [-0.05, 0) is 38.5 Å². The Labute approximate surface area is 124 Å². The fourth-order valence-corrected chi connectivity index (χ4v) is 2.18. The molecule has 0 amide bonds. The van der Waals surface area contributed by atoms with Crippen LogP contribution in [0, 0.1) is 0 Å². The summed E-state index contributed by atoms with van der Waals surface area (Å²) >= 11 is 0. The Bertz CT molecular complexity index is 515. The Hall–Kier alpha value is -1.95. The highest BCUT2D eigenvalue weighted by molar-refractivity contribution is 5.78. The van der Waals surface area contributed by atoms with Gasteiger partial charge in [0, 0.05) is 6.04 Å². The van der Waals surface area contributed by atoms with Crippen molar-refractivity contribution in [1.29, 1.82) is 0 Å². The van der Waals surface area contributed by atoms with Crippen LogP contribution in [0.25, 0.3) is 0 Å². The first kappa shape index (κ1) is 15.4. The molecule has 21 heavy (non-hydrogen) atoms. The van der Waals surface area contributed by atoms with Crippen LogP contribution in [0.4, 0.5) is 0 Å². The molecular formula is C15H21NO5. The predicted octanol–water partition coefficient (Wildman–Crippen LogP) is 2.03. The van der Waals surface area contributed by atoms with Crippen molar-refractivity contribution < 1.29 is 23.7 Å². The van der Waals surface area contributed by atoms with E-state index >= 15 is 0 Å². The van der Waals surface area contributed by atoms with Crippen LogP contribution in [0.2, 0.25) is 0 Å². The van der Waals surface area contributed by atoms with Crippen LogP contribution in [0.3, 0.4) is 0 Å². The zero-order chi connectivity index (χ0) is 15.4. The van der Waals surface area contributed by atoms with Gasteiger partial charge in [0.05, 0.1) is 13.7 Å². The maximum Gasteiger partial charge on any atom is 0.327 e. The Morgan fingerprint density at radius 3 is 2.76 bits per heavy atom. The number of fused-ring (bicyclic) bond motifs is 1. The lowest BCUT2D eigenvalue weighted by molar-refractivity contribution is -0.146. The third-order valence-corrected chi connectivity index (χ3v) is 3.04. The lowest BCUT2D eigenvalue weighted by atomic mass is 10.0. The van der Waals surface area contributed by atoms with Crippen molar-refractivity contribution in [3.63, 3.8) is 0 Å². The van der Waals surface area contributed by atoms with Crippen LogP contribution in [0.1, 0.15) is 32.4 Å². The molecule has 1 aromatic rings. The largest absolute Gasteiger partial charge is 0.493 e. The lowest BCUT2D eigenvalue weighted by Crippen LogP contribution is -2.34. The Kier molecular flexibility index (Phi) is 4.90. The van der Waals surface area contributed by atoms with E-state index in [1.807, 2.05) is 13.8 Å². The van der Waals surface area contributed by atoms with Gasteiger partial charge in [0.15, 0.2) is 11.5 Å². The van der Waals surface area contributed by atoms with Gasteiger partial charge >= 0.3 is 5.97 Å². The molecule has 1 atom stereocenters. The van der Waals surface area contributed by atoms with Gasteiger partial charge in [0.1, 0.15) is 6.04 Å². The molecule has 0 saturated carbocycles. The average Bonchev–Trinajstić information content (AvgIpc) is 2.92. The summed E-state index contributed by atoms with van der Waals surface area (Å²) < 4.78 is 21.2. The van der Waals surface area contributed by atoms with Crippen LogP contribution in [0.15, 0.2) is 12.1 Å². The van der Waals surface area contributed by atoms with E-state index in [0.717, 1.165) is 5.56 Å². The van der Waals surface area contributed by atoms with Gasteiger partial charge in [-0.3, -0.25) is 5.32 Å². The predicted molar refractivity (Wildman–Crippen MR) is 76.8 cm³/mol. The normalized spacial score (nSPS) is 14.1. The van der Waals surface area contributed by atoms with Crippen molar-refractivity contribution in [2.45, 2.75) is 32.9 Å². The summed E-state index contributed by atoms with van der Waals surface area (Å²) in [6, 6.07) is 3.09. The van der Waals surface area contributed by atoms with Crippen LogP contribution in [0.5, 0.6) is 17.2 Å². The molecule has 0 aliphatic carbocycles. The van der Waals surface area contributed by atoms with Gasteiger partial charge in [-0.2, -0.15) is 0 Å². The van der Waals surface area contributed by atoms with Crippen LogP contribution in [-0.4, -0.2) is 32.5 Å². The minimum atomic E-state index is -0.576. The van der Waals surface area contributed by atoms with E-state index in [0.29, 0.717) is 23.9 Å². The quantitative estimate of drug-likeness (QED) is 0.810. The number of carbonyl (C=O) groups excluding carboxylic acids is 1. The van der Waals surface area contributed by atoms with Crippen LogP contribution in [-0.2, 0) is 9.53 Å². The molecule has 0 aromatic heterocycles. The smallest absolute Gasteiger partial charge is 0.327 e. The number of carbonyl (C=O) groups is 1. The molecule has 1 aliphatic rings. The highest BCUT2D eigenvalue weighted by Crippen LogP contribution is 2.43. The van der Waals surface area contributed by atoms with Crippen molar-refractivity contribution >= 4 is 5.97 Å². The Morgan fingerprint density at radius 2 is 2.14 bits per heavy atom. The number of hydrogen-bond donors (Lipinski definition) is 1. The molecular weight excluding hydrogens is 274 g/mol. The minimum Gasteiger partial charge on any atom is -0.493 e. The molecule has 2 rings (SSSR count). The van der Waals surface area contributed by atoms with Crippen LogP contribution >= 0.6 is 0 Å². The summed E-state index contributed by atoms with van der Waals surface area (Å²) in [5.41, 5.74) is 0.725. The summed E-state index contributed by atoms with van der Waals surface area (Å²) in [7, 11) is 1.55. The molecule has 6 nitrogen and oxygen atoms in total. The molecule has 116 valence electrons. The molecule has 0 spiro atoms. The molecule has 0 bridgehead atoms. The van der Waals surface area contributed by atoms with E-state index < -0.39 is 6.04 Å². The molecule has 1 aromatic carbocycles. The second-order valence-electron chi connectivity index (χ2n) is 4.96. The van der Waals surface area contributed by atoms with Crippen molar-refractivity contribution in [3.05, 3.63) is 17.7 Å². The van der Waals surface area contributed by atoms with Crippen molar-refractivity contribution in [2.24, 2.45) is 0 Å². The summed E-state index contributed by atoms with van der Waals surface area (Å²) in [6.07, 6.45) is 0. The molecule has 0 fully saturated rings. The fourth-order valence-electron chi connectivity index (χ4n) is 2.18. The van der Waals surface area contributed by atoms with Gasteiger partial charge in [-0.1, -0.05) is 0 Å². The number of benzene rings is 1. The van der Waals surface area contributed by atoms with Gasteiger partial charge < -0.3 is 18.9 Å². The molecule has 1 N–H and O–H groups in total. The maximum absolute atomic E-state index is 12.2. The summed E-state index contributed by atoms with van der Waals surface area (Å²) in [6.45, 7) is 6.20. The number of ether oxygens (including phenoxy) is 4. The molecule has 0 radical (unpaired) electrons.